The summed E-state index contributed by atoms with van der Waals surface area (Å²) in [5, 5.41) is 1.40. The Balaban J connectivity index is 1.99. The summed E-state index contributed by atoms with van der Waals surface area (Å²) in [4.78, 5) is 31.0. The number of benzene rings is 2. The second-order valence-electron chi connectivity index (χ2n) is 5.39. The maximum Gasteiger partial charge on any atom is 0.336 e. The van der Waals surface area contributed by atoms with Gasteiger partial charge in [-0.25, -0.2) is 9.78 Å². The Bertz CT molecular complexity index is 1170. The van der Waals surface area contributed by atoms with E-state index in [9.17, 15) is 9.59 Å². The quantitative estimate of drug-likeness (QED) is 0.548. The summed E-state index contributed by atoms with van der Waals surface area (Å²) in [6, 6.07) is 14.0. The Morgan fingerprint density at radius 3 is 2.70 bits per heavy atom. The van der Waals surface area contributed by atoms with Crippen LogP contribution in [0.4, 0.5) is 0 Å². The van der Waals surface area contributed by atoms with Crippen molar-refractivity contribution in [2.45, 2.75) is 6.92 Å². The van der Waals surface area contributed by atoms with Crippen molar-refractivity contribution in [1.82, 2.24) is 9.97 Å². The average Bonchev–Trinajstić information content (AvgIpc) is 2.54. The fraction of sp³-hybridized carbons (Fsp3) is 0.0556. The molecule has 0 spiro atoms. The highest BCUT2D eigenvalue weighted by atomic mass is 16.4. The summed E-state index contributed by atoms with van der Waals surface area (Å²) >= 11 is 0. The van der Waals surface area contributed by atoms with Crippen molar-refractivity contribution in [3.8, 4) is 11.4 Å². The van der Waals surface area contributed by atoms with E-state index in [4.69, 9.17) is 4.42 Å². The van der Waals surface area contributed by atoms with E-state index in [1.165, 1.54) is 6.07 Å². The molecule has 1 N–H and O–H groups in total. The smallest absolute Gasteiger partial charge is 0.336 e. The van der Waals surface area contributed by atoms with E-state index in [0.717, 1.165) is 10.9 Å². The van der Waals surface area contributed by atoms with Crippen LogP contribution in [0, 0.1) is 6.92 Å². The van der Waals surface area contributed by atoms with Crippen molar-refractivity contribution in [2.24, 2.45) is 0 Å². The molecule has 0 amide bonds. The van der Waals surface area contributed by atoms with Gasteiger partial charge < -0.3 is 9.40 Å². The highest BCUT2D eigenvalue weighted by molar-refractivity contribution is 5.85. The maximum atomic E-state index is 12.2. The number of para-hydroxylation sites is 1. The van der Waals surface area contributed by atoms with Crippen molar-refractivity contribution in [3.63, 3.8) is 0 Å². The van der Waals surface area contributed by atoms with Crippen molar-refractivity contribution in [2.75, 3.05) is 0 Å². The number of nitrogens with zero attached hydrogens (tertiary/aromatic N) is 1. The molecule has 0 saturated heterocycles. The number of rotatable bonds is 1. The van der Waals surface area contributed by atoms with Gasteiger partial charge in [0.05, 0.1) is 10.9 Å². The second kappa shape index (κ2) is 4.91. The van der Waals surface area contributed by atoms with Crippen LogP contribution in [0.15, 0.2) is 62.5 Å². The predicted octanol–water partition coefficient (Wildman–Crippen LogP) is 3.00. The first-order valence-electron chi connectivity index (χ1n) is 7.16. The fourth-order valence-corrected chi connectivity index (χ4v) is 2.70. The van der Waals surface area contributed by atoms with E-state index >= 15 is 0 Å². The Hall–Kier alpha value is -3.21. The SMILES string of the molecule is Cc1cc(=O)oc2cc(-c3nc4ccccc4c(=O)[nH]3)ccc12. The third-order valence-corrected chi connectivity index (χ3v) is 3.84. The van der Waals surface area contributed by atoms with E-state index in [-0.39, 0.29) is 5.56 Å². The number of nitrogens with one attached hydrogen (secondary N) is 1. The molecule has 0 bridgehead atoms. The van der Waals surface area contributed by atoms with Crippen LogP contribution in [-0.4, -0.2) is 9.97 Å². The van der Waals surface area contributed by atoms with Crippen molar-refractivity contribution < 1.29 is 4.42 Å². The molecule has 23 heavy (non-hydrogen) atoms. The van der Waals surface area contributed by atoms with Crippen molar-refractivity contribution in [1.29, 1.82) is 0 Å². The first kappa shape index (κ1) is 13.5. The van der Waals surface area contributed by atoms with Crippen molar-refractivity contribution in [3.05, 3.63) is 74.9 Å². The third-order valence-electron chi connectivity index (χ3n) is 3.84. The summed E-state index contributed by atoms with van der Waals surface area (Å²) in [5.74, 6) is 0.444. The normalized spacial score (nSPS) is 11.2. The average molecular weight is 304 g/mol. The van der Waals surface area contributed by atoms with Gasteiger partial charge in [-0.15, -0.1) is 0 Å². The molecule has 5 nitrogen and oxygen atoms in total. The van der Waals surface area contributed by atoms with E-state index in [2.05, 4.69) is 9.97 Å². The molecule has 0 fully saturated rings. The van der Waals surface area contributed by atoms with Gasteiger partial charge in [-0.05, 0) is 30.7 Å². The lowest BCUT2D eigenvalue weighted by molar-refractivity contribution is 0.560. The molecule has 112 valence electrons. The predicted molar refractivity (Wildman–Crippen MR) is 88.6 cm³/mol. The Morgan fingerprint density at radius 2 is 1.83 bits per heavy atom. The molecular weight excluding hydrogens is 292 g/mol. The van der Waals surface area contributed by atoms with Crippen LogP contribution in [0.5, 0.6) is 0 Å². The minimum absolute atomic E-state index is 0.198. The number of aromatic amines is 1. The Morgan fingerprint density at radius 1 is 1.00 bits per heavy atom. The lowest BCUT2D eigenvalue weighted by Gasteiger charge is -2.05. The van der Waals surface area contributed by atoms with Gasteiger partial charge in [-0.1, -0.05) is 24.3 Å². The number of hydrogen-bond donors (Lipinski definition) is 1. The number of aryl methyl sites for hydroxylation is 1. The molecule has 0 aliphatic rings. The summed E-state index contributed by atoms with van der Waals surface area (Å²) in [6.07, 6.45) is 0. The van der Waals surface area contributed by atoms with E-state index in [1.54, 1.807) is 24.3 Å². The Kier molecular flexibility index (Phi) is 2.87. The highest BCUT2D eigenvalue weighted by Gasteiger charge is 2.08. The molecule has 0 saturated carbocycles. The molecule has 4 rings (SSSR count). The molecule has 0 aliphatic heterocycles. The molecule has 0 aliphatic carbocycles. The van der Waals surface area contributed by atoms with Crippen LogP contribution in [0.25, 0.3) is 33.3 Å². The summed E-state index contributed by atoms with van der Waals surface area (Å²) in [7, 11) is 0. The molecule has 4 aromatic rings. The van der Waals surface area contributed by atoms with Crippen LogP contribution in [0.3, 0.4) is 0 Å². The van der Waals surface area contributed by atoms with Crippen LogP contribution < -0.4 is 11.2 Å². The van der Waals surface area contributed by atoms with Gasteiger partial charge in [0, 0.05) is 17.0 Å². The largest absolute Gasteiger partial charge is 0.423 e. The molecule has 2 aromatic carbocycles. The second-order valence-corrected chi connectivity index (χ2v) is 5.39. The minimum Gasteiger partial charge on any atom is -0.423 e. The van der Waals surface area contributed by atoms with Crippen LogP contribution in [0.2, 0.25) is 0 Å². The fourth-order valence-electron chi connectivity index (χ4n) is 2.70. The molecule has 2 heterocycles. The van der Waals surface area contributed by atoms with Gasteiger partial charge >= 0.3 is 5.63 Å². The van der Waals surface area contributed by atoms with Crippen LogP contribution in [-0.2, 0) is 0 Å². The zero-order valence-electron chi connectivity index (χ0n) is 12.3. The zero-order chi connectivity index (χ0) is 16.0. The topological polar surface area (TPSA) is 76.0 Å². The summed E-state index contributed by atoms with van der Waals surface area (Å²) in [5.41, 5.74) is 2.04. The van der Waals surface area contributed by atoms with E-state index < -0.39 is 5.63 Å². The molecule has 0 atom stereocenters. The first-order valence-corrected chi connectivity index (χ1v) is 7.16. The number of fused-ring (bicyclic) bond motifs is 2. The standard InChI is InChI=1S/C18H12N2O3/c1-10-8-16(21)23-15-9-11(6-7-12(10)15)17-19-14-5-3-2-4-13(14)18(22)20-17/h2-9H,1H3,(H,19,20,22). The molecule has 2 aromatic heterocycles. The molecule has 5 heteroatoms. The van der Waals surface area contributed by atoms with Gasteiger partial charge in [0.2, 0.25) is 0 Å². The number of aromatic nitrogens is 2. The summed E-state index contributed by atoms with van der Waals surface area (Å²) < 4.78 is 5.25. The van der Waals surface area contributed by atoms with Crippen molar-refractivity contribution >= 4 is 21.9 Å². The third kappa shape index (κ3) is 2.23. The van der Waals surface area contributed by atoms with Gasteiger partial charge in [-0.3, -0.25) is 4.79 Å². The zero-order valence-corrected chi connectivity index (χ0v) is 12.3. The summed E-state index contributed by atoms with van der Waals surface area (Å²) in [6.45, 7) is 1.86. The van der Waals surface area contributed by atoms with Gasteiger partial charge in [0.25, 0.3) is 5.56 Å². The lowest BCUT2D eigenvalue weighted by atomic mass is 10.1. The number of hydrogen-bond acceptors (Lipinski definition) is 4. The Labute approximate surface area is 130 Å². The maximum absolute atomic E-state index is 12.2. The van der Waals surface area contributed by atoms with Gasteiger partial charge in [-0.2, -0.15) is 0 Å². The minimum atomic E-state index is -0.396. The van der Waals surface area contributed by atoms with E-state index in [0.29, 0.717) is 27.9 Å². The highest BCUT2D eigenvalue weighted by Crippen LogP contribution is 2.23. The van der Waals surface area contributed by atoms with Gasteiger partial charge in [0.15, 0.2) is 0 Å². The van der Waals surface area contributed by atoms with Crippen LogP contribution >= 0.6 is 0 Å². The van der Waals surface area contributed by atoms with E-state index in [1.807, 2.05) is 25.1 Å². The lowest BCUT2D eigenvalue weighted by Crippen LogP contribution is -2.09. The van der Waals surface area contributed by atoms with Crippen LogP contribution in [0.1, 0.15) is 5.56 Å². The molecule has 0 unspecified atom stereocenters. The molecular formula is C18H12N2O3. The number of H-pyrrole nitrogens is 1. The monoisotopic (exact) mass is 304 g/mol. The molecule has 0 radical (unpaired) electrons. The first-order chi connectivity index (χ1) is 11.1. The van der Waals surface area contributed by atoms with Gasteiger partial charge in [0.1, 0.15) is 11.4 Å².